The van der Waals surface area contributed by atoms with Gasteiger partial charge in [0, 0.05) is 20.2 Å². The molecule has 0 radical (unpaired) electrons. The summed E-state index contributed by atoms with van der Waals surface area (Å²) < 4.78 is 0. The molecule has 1 unspecified atom stereocenters. The molecule has 1 aromatic rings. The van der Waals surface area contributed by atoms with Gasteiger partial charge in [0.1, 0.15) is 5.01 Å². The first-order valence-electron chi connectivity index (χ1n) is 6.15. The SMILES string of the molecule is CNc1nnc(CN2CCCC(CCO)C2)s1. The highest BCUT2D eigenvalue weighted by atomic mass is 32.1. The first-order valence-corrected chi connectivity index (χ1v) is 6.97. The van der Waals surface area contributed by atoms with Crippen LogP contribution in [0.1, 0.15) is 24.3 Å². The maximum absolute atomic E-state index is 8.98. The molecule has 2 N–H and O–H groups in total. The van der Waals surface area contributed by atoms with Gasteiger partial charge < -0.3 is 10.4 Å². The third-order valence-electron chi connectivity index (χ3n) is 3.18. The standard InChI is InChI=1S/C11H20N4OS/c1-12-11-14-13-10(17-11)8-15-5-2-3-9(7-15)4-6-16/h9,16H,2-8H2,1H3,(H,12,14). The smallest absolute Gasteiger partial charge is 0.205 e. The van der Waals surface area contributed by atoms with Crippen molar-refractivity contribution in [3.8, 4) is 0 Å². The fourth-order valence-corrected chi connectivity index (χ4v) is 3.06. The molecule has 6 heteroatoms. The van der Waals surface area contributed by atoms with Crippen molar-refractivity contribution in [3.05, 3.63) is 5.01 Å². The number of nitrogens with zero attached hydrogens (tertiary/aromatic N) is 3. The molecule has 2 rings (SSSR count). The van der Waals surface area contributed by atoms with Gasteiger partial charge in [-0.1, -0.05) is 11.3 Å². The Kier molecular flexibility index (Phi) is 4.70. The average Bonchev–Trinajstić information content (AvgIpc) is 2.78. The van der Waals surface area contributed by atoms with Gasteiger partial charge >= 0.3 is 0 Å². The van der Waals surface area contributed by atoms with E-state index in [1.165, 1.54) is 12.8 Å². The molecule has 1 aliphatic heterocycles. The second-order valence-electron chi connectivity index (χ2n) is 4.51. The minimum atomic E-state index is 0.307. The van der Waals surface area contributed by atoms with Crippen LogP contribution >= 0.6 is 11.3 Å². The first-order chi connectivity index (χ1) is 8.31. The maximum Gasteiger partial charge on any atom is 0.205 e. The van der Waals surface area contributed by atoms with E-state index in [0.717, 1.165) is 36.2 Å². The van der Waals surface area contributed by atoms with E-state index in [1.54, 1.807) is 11.3 Å². The van der Waals surface area contributed by atoms with Crippen LogP contribution < -0.4 is 5.32 Å². The summed E-state index contributed by atoms with van der Waals surface area (Å²) in [6.45, 7) is 3.41. The summed E-state index contributed by atoms with van der Waals surface area (Å²) in [7, 11) is 1.86. The number of rotatable bonds is 5. The number of aromatic nitrogens is 2. The zero-order valence-corrected chi connectivity index (χ0v) is 11.0. The lowest BCUT2D eigenvalue weighted by Crippen LogP contribution is -2.35. The molecule has 1 aliphatic rings. The Morgan fingerprint density at radius 1 is 1.53 bits per heavy atom. The van der Waals surface area contributed by atoms with Gasteiger partial charge in [-0.3, -0.25) is 4.90 Å². The van der Waals surface area contributed by atoms with Crippen molar-refractivity contribution in [2.45, 2.75) is 25.8 Å². The molecule has 17 heavy (non-hydrogen) atoms. The summed E-state index contributed by atoms with van der Waals surface area (Å²) in [5.41, 5.74) is 0. The fraction of sp³-hybridized carbons (Fsp3) is 0.818. The van der Waals surface area contributed by atoms with Gasteiger partial charge in [-0.05, 0) is 31.7 Å². The van der Waals surface area contributed by atoms with Crippen molar-refractivity contribution in [2.24, 2.45) is 5.92 Å². The number of aliphatic hydroxyl groups is 1. The van der Waals surface area contributed by atoms with E-state index in [2.05, 4.69) is 20.4 Å². The van der Waals surface area contributed by atoms with Gasteiger partial charge in [0.15, 0.2) is 0 Å². The molecule has 5 nitrogen and oxygen atoms in total. The largest absolute Gasteiger partial charge is 0.396 e. The maximum atomic E-state index is 8.98. The van der Waals surface area contributed by atoms with Gasteiger partial charge in [0.05, 0.1) is 6.54 Å². The molecule has 2 heterocycles. The molecular weight excluding hydrogens is 236 g/mol. The number of aliphatic hydroxyl groups excluding tert-OH is 1. The predicted octanol–water partition coefficient (Wildman–Crippen LogP) is 1.17. The molecule has 0 aliphatic carbocycles. The Hall–Kier alpha value is -0.720. The minimum absolute atomic E-state index is 0.307. The summed E-state index contributed by atoms with van der Waals surface area (Å²) in [4.78, 5) is 2.42. The topological polar surface area (TPSA) is 61.3 Å². The van der Waals surface area contributed by atoms with Crippen molar-refractivity contribution < 1.29 is 5.11 Å². The van der Waals surface area contributed by atoms with E-state index in [-0.39, 0.29) is 0 Å². The number of anilines is 1. The lowest BCUT2D eigenvalue weighted by atomic mass is 9.95. The van der Waals surface area contributed by atoms with Gasteiger partial charge in [-0.25, -0.2) is 0 Å². The number of hydrogen-bond acceptors (Lipinski definition) is 6. The normalized spacial score (nSPS) is 21.6. The van der Waals surface area contributed by atoms with Crippen molar-refractivity contribution in [3.63, 3.8) is 0 Å². The second kappa shape index (κ2) is 6.28. The van der Waals surface area contributed by atoms with Gasteiger partial charge in [-0.2, -0.15) is 0 Å². The highest BCUT2D eigenvalue weighted by molar-refractivity contribution is 7.15. The van der Waals surface area contributed by atoms with Crippen molar-refractivity contribution in [1.29, 1.82) is 0 Å². The number of hydrogen-bond donors (Lipinski definition) is 2. The Labute approximate surface area is 106 Å². The van der Waals surface area contributed by atoms with E-state index in [0.29, 0.717) is 12.5 Å². The third kappa shape index (κ3) is 3.62. The lowest BCUT2D eigenvalue weighted by Gasteiger charge is -2.31. The van der Waals surface area contributed by atoms with E-state index in [9.17, 15) is 0 Å². The van der Waals surface area contributed by atoms with Crippen LogP contribution in [0.4, 0.5) is 5.13 Å². The Bertz CT molecular complexity index is 342. The molecule has 0 aromatic carbocycles. The molecule has 1 aromatic heterocycles. The molecule has 0 spiro atoms. The van der Waals surface area contributed by atoms with Crippen LogP contribution in [0.25, 0.3) is 0 Å². The Balaban J connectivity index is 1.85. The lowest BCUT2D eigenvalue weighted by molar-refractivity contribution is 0.142. The first kappa shape index (κ1) is 12.7. The van der Waals surface area contributed by atoms with Gasteiger partial charge in [-0.15, -0.1) is 10.2 Å². The predicted molar refractivity (Wildman–Crippen MR) is 69.2 cm³/mol. The molecule has 1 saturated heterocycles. The van der Waals surface area contributed by atoms with E-state index >= 15 is 0 Å². The number of piperidine rings is 1. The minimum Gasteiger partial charge on any atom is -0.396 e. The zero-order valence-electron chi connectivity index (χ0n) is 10.2. The van der Waals surface area contributed by atoms with Crippen LogP contribution in [-0.4, -0.2) is 46.9 Å². The van der Waals surface area contributed by atoms with Crippen LogP contribution in [-0.2, 0) is 6.54 Å². The van der Waals surface area contributed by atoms with E-state index in [4.69, 9.17) is 5.11 Å². The highest BCUT2D eigenvalue weighted by Gasteiger charge is 2.20. The molecule has 0 saturated carbocycles. The highest BCUT2D eigenvalue weighted by Crippen LogP contribution is 2.22. The quantitative estimate of drug-likeness (QED) is 0.828. The number of likely N-dealkylation sites (tertiary alicyclic amines) is 1. The van der Waals surface area contributed by atoms with Crippen LogP contribution in [0.5, 0.6) is 0 Å². The van der Waals surface area contributed by atoms with E-state index in [1.807, 2.05) is 7.05 Å². The molecule has 1 atom stereocenters. The second-order valence-corrected chi connectivity index (χ2v) is 5.57. The monoisotopic (exact) mass is 256 g/mol. The van der Waals surface area contributed by atoms with Crippen LogP contribution in [0.2, 0.25) is 0 Å². The summed E-state index contributed by atoms with van der Waals surface area (Å²) in [5.74, 6) is 0.644. The average molecular weight is 256 g/mol. The van der Waals surface area contributed by atoms with Gasteiger partial charge in [0.25, 0.3) is 0 Å². The van der Waals surface area contributed by atoms with Crippen LogP contribution in [0.3, 0.4) is 0 Å². The summed E-state index contributed by atoms with van der Waals surface area (Å²) in [6, 6.07) is 0. The summed E-state index contributed by atoms with van der Waals surface area (Å²) in [6.07, 6.45) is 3.39. The molecule has 0 amide bonds. The molecule has 96 valence electrons. The summed E-state index contributed by atoms with van der Waals surface area (Å²) >= 11 is 1.62. The molecular formula is C11H20N4OS. The molecule has 0 bridgehead atoms. The zero-order chi connectivity index (χ0) is 12.1. The van der Waals surface area contributed by atoms with Crippen LogP contribution in [0, 0.1) is 5.92 Å². The summed E-state index contributed by atoms with van der Waals surface area (Å²) in [5, 5.41) is 22.2. The third-order valence-corrected chi connectivity index (χ3v) is 4.11. The Morgan fingerprint density at radius 3 is 3.12 bits per heavy atom. The van der Waals surface area contributed by atoms with Crippen LogP contribution in [0.15, 0.2) is 0 Å². The number of nitrogens with one attached hydrogen (secondary N) is 1. The van der Waals surface area contributed by atoms with Crippen molar-refractivity contribution in [1.82, 2.24) is 15.1 Å². The Morgan fingerprint density at radius 2 is 2.41 bits per heavy atom. The van der Waals surface area contributed by atoms with E-state index < -0.39 is 0 Å². The molecule has 1 fully saturated rings. The fourth-order valence-electron chi connectivity index (χ4n) is 2.32. The van der Waals surface area contributed by atoms with Gasteiger partial charge in [0.2, 0.25) is 5.13 Å². The van der Waals surface area contributed by atoms with Crippen molar-refractivity contribution in [2.75, 3.05) is 32.1 Å². The van der Waals surface area contributed by atoms with Crippen molar-refractivity contribution >= 4 is 16.5 Å².